The minimum absolute atomic E-state index is 0.00607. The second-order valence-electron chi connectivity index (χ2n) is 7.75. The summed E-state index contributed by atoms with van der Waals surface area (Å²) in [7, 11) is 1.34. The second-order valence-corrected chi connectivity index (χ2v) is 7.75. The van der Waals surface area contributed by atoms with Crippen molar-refractivity contribution in [3.8, 4) is 17.2 Å². The van der Waals surface area contributed by atoms with Crippen molar-refractivity contribution < 1.29 is 27.1 Å². The average Bonchev–Trinajstić information content (AvgIpc) is 3.30. The van der Waals surface area contributed by atoms with Gasteiger partial charge >= 0.3 is 6.18 Å². The number of carbonyl (C=O) groups is 1. The molecular formula is C25H23F3N4O3. The number of benzene rings is 2. The molecule has 2 aromatic carbocycles. The number of pyridine rings is 1. The number of fused-ring (bicyclic) bond motifs is 1. The van der Waals surface area contributed by atoms with Crippen molar-refractivity contribution >= 4 is 16.8 Å². The molecule has 0 aliphatic rings. The van der Waals surface area contributed by atoms with Crippen molar-refractivity contribution in [2.75, 3.05) is 7.11 Å². The Bertz CT molecular complexity index is 1350. The zero-order valence-corrected chi connectivity index (χ0v) is 19.0. The van der Waals surface area contributed by atoms with Crippen molar-refractivity contribution in [1.82, 2.24) is 15.3 Å². The Kier molecular flexibility index (Phi) is 6.74. The first-order valence-corrected chi connectivity index (χ1v) is 10.9. The summed E-state index contributed by atoms with van der Waals surface area (Å²) in [6.07, 6.45) is -3.97. The Morgan fingerprint density at radius 1 is 1.11 bits per heavy atom. The van der Waals surface area contributed by atoms with Gasteiger partial charge in [-0.2, -0.15) is 13.2 Å². The van der Waals surface area contributed by atoms with Crippen LogP contribution >= 0.6 is 0 Å². The molecule has 4 rings (SSSR count). The summed E-state index contributed by atoms with van der Waals surface area (Å²) in [5.41, 5.74) is 6.06. The molecule has 4 aromatic rings. The first-order valence-electron chi connectivity index (χ1n) is 10.9. The summed E-state index contributed by atoms with van der Waals surface area (Å²) in [5.74, 6) is -0.111. The Morgan fingerprint density at radius 3 is 2.49 bits per heavy atom. The van der Waals surface area contributed by atoms with E-state index in [0.29, 0.717) is 17.4 Å². The lowest BCUT2D eigenvalue weighted by Crippen LogP contribution is -2.29. The van der Waals surface area contributed by atoms with Gasteiger partial charge in [0.15, 0.2) is 11.5 Å². The van der Waals surface area contributed by atoms with E-state index in [1.165, 1.54) is 19.2 Å². The van der Waals surface area contributed by atoms with Crippen LogP contribution in [0, 0.1) is 0 Å². The molecule has 0 aliphatic carbocycles. The summed E-state index contributed by atoms with van der Waals surface area (Å²) in [5, 5.41) is 3.27. The molecule has 0 aliphatic heterocycles. The monoisotopic (exact) mass is 484 g/mol. The van der Waals surface area contributed by atoms with Crippen molar-refractivity contribution in [2.24, 2.45) is 5.73 Å². The zero-order valence-electron chi connectivity index (χ0n) is 19.0. The van der Waals surface area contributed by atoms with Crippen molar-refractivity contribution in [3.63, 3.8) is 0 Å². The van der Waals surface area contributed by atoms with Gasteiger partial charge in [0.1, 0.15) is 17.0 Å². The minimum Gasteiger partial charge on any atom is -0.494 e. The number of methoxy groups -OCH3 is 1. The molecule has 2 aromatic heterocycles. The number of carbonyl (C=O) groups excluding carboxylic acids is 1. The van der Waals surface area contributed by atoms with E-state index in [0.717, 1.165) is 11.6 Å². The zero-order chi connectivity index (χ0) is 25.2. The summed E-state index contributed by atoms with van der Waals surface area (Å²) in [6, 6.07) is 14.4. The van der Waals surface area contributed by atoms with Crippen molar-refractivity contribution in [1.29, 1.82) is 0 Å². The van der Waals surface area contributed by atoms with E-state index in [2.05, 4.69) is 15.3 Å². The lowest BCUT2D eigenvalue weighted by atomic mass is 10.0. The summed E-state index contributed by atoms with van der Waals surface area (Å²) < 4.78 is 50.7. The Hall–Kier alpha value is -3.92. The normalized spacial score (nSPS) is 12.5. The third-order valence-corrected chi connectivity index (χ3v) is 5.57. The maximum Gasteiger partial charge on any atom is 0.433 e. The van der Waals surface area contributed by atoms with E-state index < -0.39 is 17.8 Å². The minimum atomic E-state index is -4.62. The number of ether oxygens (including phenoxy) is 1. The predicted molar refractivity (Wildman–Crippen MR) is 124 cm³/mol. The van der Waals surface area contributed by atoms with Crippen molar-refractivity contribution in [3.05, 3.63) is 77.3 Å². The molecule has 3 N–H and O–H groups in total. The summed E-state index contributed by atoms with van der Waals surface area (Å²) in [4.78, 5) is 21.2. The maximum absolute atomic E-state index is 13.2. The van der Waals surface area contributed by atoms with Crippen LogP contribution in [0.2, 0.25) is 0 Å². The second kappa shape index (κ2) is 9.75. The molecule has 0 unspecified atom stereocenters. The number of nitrogens with two attached hydrogens (primary N) is 1. The number of nitrogens with one attached hydrogen (secondary N) is 1. The molecule has 0 spiro atoms. The van der Waals surface area contributed by atoms with Crippen LogP contribution in [0.1, 0.15) is 46.9 Å². The first kappa shape index (κ1) is 24.2. The van der Waals surface area contributed by atoms with Gasteiger partial charge < -0.3 is 20.2 Å². The average molecular weight is 484 g/mol. The quantitative estimate of drug-likeness (QED) is 0.371. The lowest BCUT2D eigenvalue weighted by Gasteiger charge is -2.16. The van der Waals surface area contributed by atoms with Gasteiger partial charge in [0, 0.05) is 10.9 Å². The van der Waals surface area contributed by atoms with Crippen LogP contribution in [0.3, 0.4) is 0 Å². The number of amides is 1. The molecule has 0 radical (unpaired) electrons. The van der Waals surface area contributed by atoms with Gasteiger partial charge in [0.2, 0.25) is 5.89 Å². The molecule has 2 heterocycles. The smallest absolute Gasteiger partial charge is 0.433 e. The highest BCUT2D eigenvalue weighted by atomic mass is 19.4. The van der Waals surface area contributed by atoms with Crippen LogP contribution in [0.5, 0.6) is 5.75 Å². The fraction of sp³-hybridized carbons (Fsp3) is 0.240. The van der Waals surface area contributed by atoms with Crippen LogP contribution in [0.15, 0.2) is 59.0 Å². The van der Waals surface area contributed by atoms with Crippen LogP contribution in [0.25, 0.3) is 22.4 Å². The fourth-order valence-corrected chi connectivity index (χ4v) is 3.82. The number of nitrogens with zero attached hydrogens (tertiary/aromatic N) is 2. The topological polar surface area (TPSA) is 103 Å². The van der Waals surface area contributed by atoms with Crippen LogP contribution in [-0.2, 0) is 12.7 Å². The maximum atomic E-state index is 13.2. The van der Waals surface area contributed by atoms with E-state index in [1.54, 1.807) is 6.07 Å². The molecule has 1 atom stereocenters. The molecule has 35 heavy (non-hydrogen) atoms. The van der Waals surface area contributed by atoms with Crippen molar-refractivity contribution in [2.45, 2.75) is 32.1 Å². The lowest BCUT2D eigenvalue weighted by molar-refractivity contribution is -0.140. The number of rotatable bonds is 7. The molecule has 7 nitrogen and oxygen atoms in total. The molecule has 10 heteroatoms. The Balaban J connectivity index is 1.75. The van der Waals surface area contributed by atoms with E-state index >= 15 is 0 Å². The van der Waals surface area contributed by atoms with E-state index in [9.17, 15) is 18.0 Å². The molecule has 0 fully saturated rings. The number of aromatic nitrogens is 2. The molecule has 0 saturated heterocycles. The van der Waals surface area contributed by atoms with Gasteiger partial charge in [-0.1, -0.05) is 37.3 Å². The highest BCUT2D eigenvalue weighted by Gasteiger charge is 2.33. The number of oxazole rings is 1. The van der Waals surface area contributed by atoms with Gasteiger partial charge in [0.05, 0.1) is 19.7 Å². The van der Waals surface area contributed by atoms with Gasteiger partial charge in [-0.25, -0.2) is 9.97 Å². The largest absolute Gasteiger partial charge is 0.494 e. The van der Waals surface area contributed by atoms with Crippen LogP contribution in [-0.4, -0.2) is 23.0 Å². The van der Waals surface area contributed by atoms with Gasteiger partial charge in [-0.15, -0.1) is 0 Å². The van der Waals surface area contributed by atoms with E-state index in [4.69, 9.17) is 14.9 Å². The molecule has 0 saturated carbocycles. The van der Waals surface area contributed by atoms with E-state index in [-0.39, 0.29) is 41.2 Å². The number of hydrogen-bond donors (Lipinski definition) is 2. The summed E-state index contributed by atoms with van der Waals surface area (Å²) >= 11 is 0. The van der Waals surface area contributed by atoms with E-state index in [1.807, 2.05) is 37.3 Å². The fourth-order valence-electron chi connectivity index (χ4n) is 3.82. The van der Waals surface area contributed by atoms with Gasteiger partial charge in [-0.3, -0.25) is 4.79 Å². The van der Waals surface area contributed by atoms with Gasteiger partial charge in [0.25, 0.3) is 5.91 Å². The molecule has 0 bridgehead atoms. The Morgan fingerprint density at radius 2 is 1.86 bits per heavy atom. The third-order valence-electron chi connectivity index (χ3n) is 5.57. The highest BCUT2D eigenvalue weighted by Crippen LogP contribution is 2.37. The first-order chi connectivity index (χ1) is 16.8. The standard InChI is InChI=1S/C25H23F3N4O3/c1-3-17(14-7-5-4-6-8-14)30-23(33)22-19(13-29)35-24(32-22)16-9-11-18(34-2)21-15(16)10-12-20(31-21)25(26,27)28/h4-12,17H,3,13,29H2,1-2H3,(H,30,33)/t17-/m0/s1. The summed E-state index contributed by atoms with van der Waals surface area (Å²) in [6.45, 7) is 1.85. The molecule has 182 valence electrons. The Labute approximate surface area is 199 Å². The van der Waals surface area contributed by atoms with Crippen LogP contribution < -0.4 is 15.8 Å². The number of alkyl halides is 3. The molecule has 1 amide bonds. The number of halogens is 3. The van der Waals surface area contributed by atoms with Crippen LogP contribution in [0.4, 0.5) is 13.2 Å². The SMILES string of the molecule is CC[C@H](NC(=O)c1nc(-c2ccc(OC)c3nc(C(F)(F)F)ccc23)oc1CN)c1ccccc1. The molecular weight excluding hydrogens is 461 g/mol. The van der Waals surface area contributed by atoms with Gasteiger partial charge in [-0.05, 0) is 36.2 Å². The highest BCUT2D eigenvalue weighted by molar-refractivity contribution is 5.98. The predicted octanol–water partition coefficient (Wildman–Crippen LogP) is 5.26. The third kappa shape index (κ3) is 4.83. The number of hydrogen-bond acceptors (Lipinski definition) is 6.